The van der Waals surface area contributed by atoms with Crippen molar-refractivity contribution in [2.24, 2.45) is 4.99 Å². The van der Waals surface area contributed by atoms with Gasteiger partial charge in [-0.05, 0) is 25.1 Å². The first-order valence-corrected chi connectivity index (χ1v) is 7.73. The summed E-state index contributed by atoms with van der Waals surface area (Å²) in [5.74, 6) is 0.287. The minimum Gasteiger partial charge on any atom is -0.504 e. The SMILES string of the molecule is CC(=O)c1c(Nc2cncnc2)oc(C=C2C=Nc3ncccc32)c1O. The second-order valence-electron chi connectivity index (χ2n) is 5.56. The van der Waals surface area contributed by atoms with E-state index in [1.54, 1.807) is 24.6 Å². The zero-order valence-electron chi connectivity index (χ0n) is 13.7. The van der Waals surface area contributed by atoms with Crippen LogP contribution in [0.25, 0.3) is 11.6 Å². The molecule has 0 fully saturated rings. The van der Waals surface area contributed by atoms with Gasteiger partial charge in [0.15, 0.2) is 23.1 Å². The number of aromatic nitrogens is 3. The first-order chi connectivity index (χ1) is 12.6. The summed E-state index contributed by atoms with van der Waals surface area (Å²) in [6, 6.07) is 3.67. The molecule has 4 heterocycles. The van der Waals surface area contributed by atoms with Gasteiger partial charge in [-0.3, -0.25) is 4.79 Å². The number of hydrogen-bond acceptors (Lipinski definition) is 8. The Kier molecular flexibility index (Phi) is 3.77. The Balaban J connectivity index is 1.77. The third kappa shape index (κ3) is 2.73. The molecule has 3 aromatic heterocycles. The van der Waals surface area contributed by atoms with Crippen molar-refractivity contribution in [3.05, 3.63) is 53.9 Å². The molecule has 128 valence electrons. The van der Waals surface area contributed by atoms with E-state index in [1.165, 1.54) is 25.6 Å². The number of nitrogens with zero attached hydrogens (tertiary/aromatic N) is 4. The Morgan fingerprint density at radius 2 is 2.12 bits per heavy atom. The first-order valence-electron chi connectivity index (χ1n) is 7.73. The van der Waals surface area contributed by atoms with Gasteiger partial charge >= 0.3 is 0 Å². The van der Waals surface area contributed by atoms with Gasteiger partial charge in [0.05, 0.1) is 18.1 Å². The molecule has 26 heavy (non-hydrogen) atoms. The molecule has 0 aliphatic carbocycles. The van der Waals surface area contributed by atoms with Gasteiger partial charge in [-0.25, -0.2) is 19.9 Å². The van der Waals surface area contributed by atoms with E-state index in [2.05, 4.69) is 25.3 Å². The molecule has 3 aromatic rings. The lowest BCUT2D eigenvalue weighted by Gasteiger charge is -2.02. The van der Waals surface area contributed by atoms with E-state index >= 15 is 0 Å². The molecule has 8 heteroatoms. The fraction of sp³-hybridized carbons (Fsp3) is 0.0556. The average Bonchev–Trinajstić information content (AvgIpc) is 3.18. The van der Waals surface area contributed by atoms with E-state index in [0.717, 1.165) is 11.1 Å². The van der Waals surface area contributed by atoms with Gasteiger partial charge in [0.1, 0.15) is 11.9 Å². The summed E-state index contributed by atoms with van der Waals surface area (Å²) in [6.07, 6.45) is 9.34. The van der Waals surface area contributed by atoms with Crippen molar-refractivity contribution in [2.75, 3.05) is 5.32 Å². The molecule has 0 radical (unpaired) electrons. The highest BCUT2D eigenvalue weighted by Gasteiger charge is 2.24. The summed E-state index contributed by atoms with van der Waals surface area (Å²) in [5, 5.41) is 13.4. The van der Waals surface area contributed by atoms with Crippen LogP contribution in [0.15, 0.2) is 46.5 Å². The van der Waals surface area contributed by atoms with Crippen LogP contribution in [-0.4, -0.2) is 32.1 Å². The molecule has 0 aromatic carbocycles. The standard InChI is InChI=1S/C18H13N5O3/c1-10(24)15-16(25)14(26-18(15)23-12-7-19-9-20-8-12)5-11-6-22-17-13(11)3-2-4-21-17/h2-9,23,25H,1H3. The van der Waals surface area contributed by atoms with Crippen LogP contribution in [-0.2, 0) is 0 Å². The molecule has 0 saturated carbocycles. The topological polar surface area (TPSA) is 114 Å². The summed E-state index contributed by atoms with van der Waals surface area (Å²) >= 11 is 0. The molecular formula is C18H13N5O3. The molecule has 4 rings (SSSR count). The smallest absolute Gasteiger partial charge is 0.212 e. The van der Waals surface area contributed by atoms with Crippen molar-refractivity contribution in [2.45, 2.75) is 6.92 Å². The number of ketones is 1. The van der Waals surface area contributed by atoms with Gasteiger partial charge in [0, 0.05) is 23.5 Å². The van der Waals surface area contributed by atoms with Crippen molar-refractivity contribution in [3.8, 4) is 5.75 Å². The van der Waals surface area contributed by atoms with Crippen LogP contribution in [0, 0.1) is 0 Å². The lowest BCUT2D eigenvalue weighted by Crippen LogP contribution is -1.98. The highest BCUT2D eigenvalue weighted by atomic mass is 16.4. The Morgan fingerprint density at radius 3 is 2.88 bits per heavy atom. The van der Waals surface area contributed by atoms with Crippen LogP contribution in [0.3, 0.4) is 0 Å². The number of aromatic hydroxyl groups is 1. The summed E-state index contributed by atoms with van der Waals surface area (Å²) in [6.45, 7) is 1.35. The Labute approximate surface area is 148 Å². The molecule has 0 bridgehead atoms. The largest absolute Gasteiger partial charge is 0.504 e. The number of aliphatic imine (C=N–C) groups is 1. The van der Waals surface area contributed by atoms with Gasteiger partial charge in [-0.2, -0.15) is 0 Å². The van der Waals surface area contributed by atoms with Crippen LogP contribution in [0.4, 0.5) is 17.4 Å². The molecule has 1 aliphatic rings. The van der Waals surface area contributed by atoms with Crippen molar-refractivity contribution in [1.82, 2.24) is 15.0 Å². The summed E-state index contributed by atoms with van der Waals surface area (Å²) < 4.78 is 5.69. The first kappa shape index (κ1) is 15.7. The van der Waals surface area contributed by atoms with E-state index in [0.29, 0.717) is 11.5 Å². The molecule has 0 unspecified atom stereocenters. The van der Waals surface area contributed by atoms with E-state index in [-0.39, 0.29) is 28.7 Å². The number of allylic oxidation sites excluding steroid dienone is 1. The Bertz CT molecular complexity index is 1050. The zero-order valence-corrected chi connectivity index (χ0v) is 13.7. The van der Waals surface area contributed by atoms with E-state index in [1.807, 2.05) is 6.07 Å². The summed E-state index contributed by atoms with van der Waals surface area (Å²) in [7, 11) is 0. The number of Topliss-reactive ketones (excluding diaryl/α,β-unsaturated/α-hetero) is 1. The number of rotatable bonds is 4. The van der Waals surface area contributed by atoms with Crippen molar-refractivity contribution >= 4 is 41.0 Å². The van der Waals surface area contributed by atoms with Crippen LogP contribution in [0.5, 0.6) is 5.75 Å². The second kappa shape index (κ2) is 6.25. The van der Waals surface area contributed by atoms with Crippen molar-refractivity contribution in [3.63, 3.8) is 0 Å². The van der Waals surface area contributed by atoms with E-state index in [9.17, 15) is 9.90 Å². The molecule has 0 spiro atoms. The maximum absolute atomic E-state index is 12.0. The quantitative estimate of drug-likeness (QED) is 0.695. The maximum Gasteiger partial charge on any atom is 0.212 e. The predicted octanol–water partition coefficient (Wildman–Crippen LogP) is 3.37. The van der Waals surface area contributed by atoms with Gasteiger partial charge in [-0.1, -0.05) is 0 Å². The predicted molar refractivity (Wildman–Crippen MR) is 96.0 cm³/mol. The van der Waals surface area contributed by atoms with E-state index < -0.39 is 0 Å². The number of furan rings is 1. The number of anilines is 2. The Morgan fingerprint density at radius 1 is 1.31 bits per heavy atom. The highest BCUT2D eigenvalue weighted by Crippen LogP contribution is 2.38. The van der Waals surface area contributed by atoms with Gasteiger partial charge in [-0.15, -0.1) is 0 Å². The molecule has 0 saturated heterocycles. The number of hydrogen-bond donors (Lipinski definition) is 2. The third-order valence-corrected chi connectivity index (χ3v) is 3.79. The number of fused-ring (bicyclic) bond motifs is 1. The highest BCUT2D eigenvalue weighted by molar-refractivity contribution is 6.21. The van der Waals surface area contributed by atoms with Gasteiger partial charge in [0.25, 0.3) is 0 Å². The van der Waals surface area contributed by atoms with Crippen molar-refractivity contribution in [1.29, 1.82) is 0 Å². The minimum atomic E-state index is -0.336. The Hall–Kier alpha value is -3.81. The van der Waals surface area contributed by atoms with Crippen LogP contribution < -0.4 is 5.32 Å². The fourth-order valence-electron chi connectivity index (χ4n) is 2.63. The molecular weight excluding hydrogens is 334 g/mol. The molecule has 0 atom stereocenters. The normalized spacial score (nSPS) is 13.8. The fourth-order valence-corrected chi connectivity index (χ4v) is 2.63. The zero-order chi connectivity index (χ0) is 18.1. The minimum absolute atomic E-state index is 0.0575. The number of carbonyl (C=O) groups excluding carboxylic acids is 1. The van der Waals surface area contributed by atoms with Crippen LogP contribution in [0.2, 0.25) is 0 Å². The number of carbonyl (C=O) groups is 1. The van der Waals surface area contributed by atoms with Crippen molar-refractivity contribution < 1.29 is 14.3 Å². The van der Waals surface area contributed by atoms with Gasteiger partial charge in [0.2, 0.25) is 5.88 Å². The molecule has 2 N–H and O–H groups in total. The monoisotopic (exact) mass is 347 g/mol. The number of pyridine rings is 1. The lowest BCUT2D eigenvalue weighted by molar-refractivity contribution is 0.101. The second-order valence-corrected chi connectivity index (χ2v) is 5.56. The molecule has 8 nitrogen and oxygen atoms in total. The summed E-state index contributed by atoms with van der Waals surface area (Å²) in [5.41, 5.74) is 2.13. The lowest BCUT2D eigenvalue weighted by atomic mass is 10.1. The van der Waals surface area contributed by atoms with Gasteiger partial charge < -0.3 is 14.8 Å². The van der Waals surface area contributed by atoms with Crippen LogP contribution >= 0.6 is 0 Å². The maximum atomic E-state index is 12.0. The summed E-state index contributed by atoms with van der Waals surface area (Å²) in [4.78, 5) is 28.1. The molecule has 0 amide bonds. The average molecular weight is 347 g/mol. The third-order valence-electron chi connectivity index (χ3n) is 3.79. The molecule has 1 aliphatic heterocycles. The number of nitrogens with one attached hydrogen (secondary N) is 1. The van der Waals surface area contributed by atoms with E-state index in [4.69, 9.17) is 4.42 Å². The van der Waals surface area contributed by atoms with Crippen LogP contribution in [0.1, 0.15) is 28.6 Å².